The third-order valence-electron chi connectivity index (χ3n) is 3.24. The van der Waals surface area contributed by atoms with Crippen LogP contribution in [0.2, 0.25) is 5.02 Å². The zero-order chi connectivity index (χ0) is 15.2. The molecular weight excluding hydrogens is 286 g/mol. The van der Waals surface area contributed by atoms with Gasteiger partial charge in [-0.25, -0.2) is 5.43 Å². The lowest BCUT2D eigenvalue weighted by molar-refractivity contribution is 0.315. The van der Waals surface area contributed by atoms with E-state index in [1.54, 1.807) is 12.4 Å². The maximum absolute atomic E-state index is 6.19. The molecule has 0 aliphatic heterocycles. The van der Waals surface area contributed by atoms with Gasteiger partial charge in [0.05, 0.1) is 18.8 Å². The molecule has 4 nitrogen and oxygen atoms in total. The molecule has 1 aromatic carbocycles. The van der Waals surface area contributed by atoms with Gasteiger partial charge >= 0.3 is 0 Å². The SMILES string of the molecule is CCCOc1cncc(C(NN)c2ccc(C)c(Cl)c2)c1. The summed E-state index contributed by atoms with van der Waals surface area (Å²) >= 11 is 6.19. The molecule has 1 atom stereocenters. The number of hydrogen-bond donors (Lipinski definition) is 2. The van der Waals surface area contributed by atoms with E-state index in [2.05, 4.69) is 17.3 Å². The number of benzene rings is 1. The summed E-state index contributed by atoms with van der Waals surface area (Å²) in [6, 6.07) is 7.67. The van der Waals surface area contributed by atoms with Crippen LogP contribution in [0.1, 0.15) is 36.1 Å². The van der Waals surface area contributed by atoms with E-state index in [9.17, 15) is 0 Å². The molecular formula is C16H20ClN3O. The number of aromatic nitrogens is 1. The van der Waals surface area contributed by atoms with E-state index in [4.69, 9.17) is 22.2 Å². The van der Waals surface area contributed by atoms with Crippen LogP contribution in [-0.2, 0) is 0 Å². The molecule has 0 radical (unpaired) electrons. The fraction of sp³-hybridized carbons (Fsp3) is 0.312. The van der Waals surface area contributed by atoms with Gasteiger partial charge < -0.3 is 4.74 Å². The quantitative estimate of drug-likeness (QED) is 0.634. The zero-order valence-corrected chi connectivity index (χ0v) is 13.0. The summed E-state index contributed by atoms with van der Waals surface area (Å²) in [5.41, 5.74) is 5.77. The van der Waals surface area contributed by atoms with Gasteiger partial charge in [-0.2, -0.15) is 0 Å². The molecule has 1 heterocycles. The first-order chi connectivity index (χ1) is 10.2. The van der Waals surface area contributed by atoms with Gasteiger partial charge in [-0.15, -0.1) is 0 Å². The molecule has 0 bridgehead atoms. The standard InChI is InChI=1S/C16H20ClN3O/c1-3-6-21-14-7-13(9-19-10-14)16(20-18)12-5-4-11(2)15(17)8-12/h4-5,7-10,16,20H,3,6,18H2,1-2H3. The summed E-state index contributed by atoms with van der Waals surface area (Å²) in [4.78, 5) is 4.22. The van der Waals surface area contributed by atoms with Crippen LogP contribution >= 0.6 is 11.6 Å². The number of aryl methyl sites for hydroxylation is 1. The molecule has 2 aromatic rings. The smallest absolute Gasteiger partial charge is 0.137 e. The van der Waals surface area contributed by atoms with Crippen molar-refractivity contribution in [3.63, 3.8) is 0 Å². The summed E-state index contributed by atoms with van der Waals surface area (Å²) in [6.07, 6.45) is 4.43. The molecule has 0 aliphatic rings. The monoisotopic (exact) mass is 305 g/mol. The fourth-order valence-electron chi connectivity index (χ4n) is 2.07. The average Bonchev–Trinajstić information content (AvgIpc) is 2.50. The molecule has 0 saturated carbocycles. The first-order valence-corrected chi connectivity index (χ1v) is 7.33. The Hall–Kier alpha value is -1.62. The lowest BCUT2D eigenvalue weighted by Gasteiger charge is -2.18. The minimum atomic E-state index is -0.180. The van der Waals surface area contributed by atoms with E-state index in [1.165, 1.54) is 0 Å². The second kappa shape index (κ2) is 7.41. The predicted molar refractivity (Wildman–Crippen MR) is 85.4 cm³/mol. The molecule has 112 valence electrons. The summed E-state index contributed by atoms with van der Waals surface area (Å²) < 4.78 is 5.61. The van der Waals surface area contributed by atoms with Crippen molar-refractivity contribution in [3.8, 4) is 5.75 Å². The zero-order valence-electron chi connectivity index (χ0n) is 12.3. The van der Waals surface area contributed by atoms with Crippen molar-refractivity contribution in [1.29, 1.82) is 0 Å². The lowest BCUT2D eigenvalue weighted by Crippen LogP contribution is -2.29. The Morgan fingerprint density at radius 2 is 2.10 bits per heavy atom. The summed E-state index contributed by atoms with van der Waals surface area (Å²) in [7, 11) is 0. The molecule has 0 aliphatic carbocycles. The minimum Gasteiger partial charge on any atom is -0.492 e. The Balaban J connectivity index is 2.30. The van der Waals surface area contributed by atoms with Crippen LogP contribution in [0.4, 0.5) is 0 Å². The first-order valence-electron chi connectivity index (χ1n) is 6.95. The molecule has 0 spiro atoms. The molecule has 0 amide bonds. The maximum atomic E-state index is 6.19. The largest absolute Gasteiger partial charge is 0.492 e. The number of nitrogens with two attached hydrogens (primary N) is 1. The highest BCUT2D eigenvalue weighted by Crippen LogP contribution is 2.27. The van der Waals surface area contributed by atoms with Crippen LogP contribution in [0.15, 0.2) is 36.7 Å². The predicted octanol–water partition coefficient (Wildman–Crippen LogP) is 3.38. The highest BCUT2D eigenvalue weighted by molar-refractivity contribution is 6.31. The van der Waals surface area contributed by atoms with Crippen LogP contribution in [0.3, 0.4) is 0 Å². The molecule has 3 N–H and O–H groups in total. The van der Waals surface area contributed by atoms with Crippen molar-refractivity contribution < 1.29 is 4.74 Å². The van der Waals surface area contributed by atoms with Crippen molar-refractivity contribution in [2.75, 3.05) is 6.61 Å². The number of pyridine rings is 1. The average molecular weight is 306 g/mol. The summed E-state index contributed by atoms with van der Waals surface area (Å²) in [5, 5.41) is 0.721. The first kappa shape index (κ1) is 15.8. The topological polar surface area (TPSA) is 60.2 Å². The third-order valence-corrected chi connectivity index (χ3v) is 3.64. The van der Waals surface area contributed by atoms with Crippen LogP contribution in [-0.4, -0.2) is 11.6 Å². The Bertz CT molecular complexity index is 604. The van der Waals surface area contributed by atoms with Crippen LogP contribution in [0, 0.1) is 6.92 Å². The lowest BCUT2D eigenvalue weighted by atomic mass is 9.99. The van der Waals surface area contributed by atoms with Gasteiger partial charge in [-0.05, 0) is 42.2 Å². The molecule has 5 heteroatoms. The number of hydrazine groups is 1. The Kier molecular flexibility index (Phi) is 5.56. The van der Waals surface area contributed by atoms with Gasteiger partial charge in [-0.3, -0.25) is 10.8 Å². The van der Waals surface area contributed by atoms with Gasteiger partial charge in [0.1, 0.15) is 5.75 Å². The number of nitrogens with zero attached hydrogens (tertiary/aromatic N) is 1. The van der Waals surface area contributed by atoms with Gasteiger partial charge in [0.25, 0.3) is 0 Å². The van der Waals surface area contributed by atoms with E-state index in [0.29, 0.717) is 6.61 Å². The second-order valence-corrected chi connectivity index (χ2v) is 5.32. The Morgan fingerprint density at radius 3 is 2.76 bits per heavy atom. The van der Waals surface area contributed by atoms with E-state index >= 15 is 0 Å². The Morgan fingerprint density at radius 1 is 1.29 bits per heavy atom. The van der Waals surface area contributed by atoms with Crippen LogP contribution < -0.4 is 16.0 Å². The van der Waals surface area contributed by atoms with Gasteiger partial charge in [0, 0.05) is 11.2 Å². The van der Waals surface area contributed by atoms with E-state index in [1.807, 2.05) is 31.2 Å². The van der Waals surface area contributed by atoms with Crippen molar-refractivity contribution in [2.45, 2.75) is 26.3 Å². The molecule has 0 fully saturated rings. The van der Waals surface area contributed by atoms with E-state index in [0.717, 1.165) is 33.9 Å². The second-order valence-electron chi connectivity index (χ2n) is 4.91. The molecule has 2 rings (SSSR count). The maximum Gasteiger partial charge on any atom is 0.137 e. The molecule has 21 heavy (non-hydrogen) atoms. The number of halogens is 1. The fourth-order valence-corrected chi connectivity index (χ4v) is 2.25. The van der Waals surface area contributed by atoms with Gasteiger partial charge in [0.15, 0.2) is 0 Å². The van der Waals surface area contributed by atoms with E-state index < -0.39 is 0 Å². The van der Waals surface area contributed by atoms with Crippen LogP contribution in [0.25, 0.3) is 0 Å². The number of rotatable bonds is 6. The van der Waals surface area contributed by atoms with Crippen molar-refractivity contribution >= 4 is 11.6 Å². The van der Waals surface area contributed by atoms with Crippen molar-refractivity contribution in [2.24, 2.45) is 5.84 Å². The number of nitrogens with one attached hydrogen (secondary N) is 1. The van der Waals surface area contributed by atoms with Gasteiger partial charge in [-0.1, -0.05) is 30.7 Å². The number of ether oxygens (including phenoxy) is 1. The normalized spacial score (nSPS) is 12.2. The van der Waals surface area contributed by atoms with Gasteiger partial charge in [0.2, 0.25) is 0 Å². The summed E-state index contributed by atoms with van der Waals surface area (Å²) in [5.74, 6) is 6.46. The highest BCUT2D eigenvalue weighted by atomic mass is 35.5. The van der Waals surface area contributed by atoms with Crippen LogP contribution in [0.5, 0.6) is 5.75 Å². The van der Waals surface area contributed by atoms with Crippen molar-refractivity contribution in [1.82, 2.24) is 10.4 Å². The molecule has 0 saturated heterocycles. The molecule has 1 unspecified atom stereocenters. The minimum absolute atomic E-state index is 0.180. The Labute approximate surface area is 130 Å². The van der Waals surface area contributed by atoms with E-state index in [-0.39, 0.29) is 6.04 Å². The number of hydrogen-bond acceptors (Lipinski definition) is 4. The highest BCUT2D eigenvalue weighted by Gasteiger charge is 2.14. The molecule has 1 aromatic heterocycles. The third kappa shape index (κ3) is 3.94. The van der Waals surface area contributed by atoms with Crippen molar-refractivity contribution in [3.05, 3.63) is 58.4 Å². The summed E-state index contributed by atoms with van der Waals surface area (Å²) in [6.45, 7) is 4.70.